The first-order valence-corrected chi connectivity index (χ1v) is 7.16. The van der Waals surface area contributed by atoms with Crippen molar-refractivity contribution in [2.45, 2.75) is 65.5 Å². The van der Waals surface area contributed by atoms with Crippen LogP contribution >= 0.6 is 0 Å². The lowest BCUT2D eigenvalue weighted by molar-refractivity contribution is 0.546. The van der Waals surface area contributed by atoms with E-state index in [0.717, 1.165) is 12.1 Å². The highest BCUT2D eigenvalue weighted by Crippen LogP contribution is 1.96. The molecule has 13 heavy (non-hydrogen) atoms. The Morgan fingerprint density at radius 2 is 1.08 bits per heavy atom. The molecule has 0 aromatic heterocycles. The van der Waals surface area contributed by atoms with Crippen molar-refractivity contribution in [3.8, 4) is 0 Å². The average Bonchev–Trinajstić information content (AvgIpc) is 2.19. The van der Waals surface area contributed by atoms with Gasteiger partial charge in [0.1, 0.15) is 0 Å². The summed E-state index contributed by atoms with van der Waals surface area (Å²) in [7, 11) is -0.228. The van der Waals surface area contributed by atoms with E-state index in [9.17, 15) is 0 Å². The summed E-state index contributed by atoms with van der Waals surface area (Å²) in [5, 5.41) is 0. The van der Waals surface area contributed by atoms with Gasteiger partial charge in [-0.2, -0.15) is 0 Å². The van der Waals surface area contributed by atoms with Gasteiger partial charge in [-0.25, -0.2) is 0 Å². The van der Waals surface area contributed by atoms with Crippen LogP contribution in [0.2, 0.25) is 0 Å². The zero-order chi connectivity index (χ0) is 10.1. The highest BCUT2D eigenvalue weighted by molar-refractivity contribution is 6.28. The van der Waals surface area contributed by atoms with Crippen molar-refractivity contribution in [2.75, 3.05) is 0 Å². The minimum absolute atomic E-state index is 0.228. The second-order valence-electron chi connectivity index (χ2n) is 3.61. The molecule has 0 spiro atoms. The summed E-state index contributed by atoms with van der Waals surface area (Å²) in [4.78, 5) is 7.29. The molecule has 0 unspecified atom stereocenters. The molecule has 0 bridgehead atoms. The van der Waals surface area contributed by atoms with Gasteiger partial charge in [-0.15, -0.1) is 0 Å². The maximum Gasteiger partial charge on any atom is 0.168 e. The molecule has 0 saturated heterocycles. The van der Waals surface area contributed by atoms with E-state index in [1.54, 1.807) is 0 Å². The van der Waals surface area contributed by atoms with E-state index in [4.69, 9.17) is 0 Å². The van der Waals surface area contributed by atoms with Gasteiger partial charge in [0.2, 0.25) is 0 Å². The zero-order valence-corrected chi connectivity index (χ0v) is 11.1. The Balaban J connectivity index is 3.41. The molecule has 2 N–H and O–H groups in total. The van der Waals surface area contributed by atoms with Crippen LogP contribution in [0.25, 0.3) is 0 Å². The van der Waals surface area contributed by atoms with Gasteiger partial charge in [-0.05, 0) is 25.7 Å². The molecule has 3 heteroatoms. The van der Waals surface area contributed by atoms with Crippen LogP contribution in [0.3, 0.4) is 0 Å². The van der Waals surface area contributed by atoms with Crippen LogP contribution in [0.4, 0.5) is 0 Å². The minimum atomic E-state index is -0.228. The zero-order valence-electron chi connectivity index (χ0n) is 9.69. The molecule has 0 aliphatic rings. The second kappa shape index (κ2) is 8.72. The summed E-state index contributed by atoms with van der Waals surface area (Å²) >= 11 is 0. The highest BCUT2D eigenvalue weighted by Gasteiger charge is 2.04. The van der Waals surface area contributed by atoms with Gasteiger partial charge in [0.05, 0.1) is 0 Å². The molecule has 0 heterocycles. The minimum Gasteiger partial charge on any atom is -0.328 e. The lowest BCUT2D eigenvalue weighted by atomic mass is 10.2. The molecule has 2 nitrogen and oxygen atoms in total. The fraction of sp³-hybridized carbons (Fsp3) is 1.00. The van der Waals surface area contributed by atoms with Crippen LogP contribution in [0.5, 0.6) is 0 Å². The molecule has 80 valence electrons. The van der Waals surface area contributed by atoms with E-state index in [-0.39, 0.29) is 9.84 Å². The van der Waals surface area contributed by atoms with E-state index in [0.29, 0.717) is 0 Å². The monoisotopic (exact) mass is 202 g/mol. The van der Waals surface area contributed by atoms with Crippen LogP contribution in [0.1, 0.15) is 53.4 Å². The molecule has 0 amide bonds. The molecule has 0 fully saturated rings. The maximum absolute atomic E-state index is 3.65. The fourth-order valence-electron chi connectivity index (χ4n) is 1.50. The number of hydrogen-bond acceptors (Lipinski definition) is 2. The van der Waals surface area contributed by atoms with Gasteiger partial charge in [0.15, 0.2) is 9.84 Å². The van der Waals surface area contributed by atoms with Gasteiger partial charge < -0.3 is 9.96 Å². The Bertz CT molecular complexity index is 89.1. The molecule has 0 aromatic carbocycles. The third-order valence-corrected chi connectivity index (χ3v) is 4.32. The topological polar surface area (TPSA) is 24.1 Å². The van der Waals surface area contributed by atoms with Crippen LogP contribution in [0.15, 0.2) is 0 Å². The first-order chi connectivity index (χ1) is 6.28. The number of nitrogens with one attached hydrogen (secondary N) is 2. The lowest BCUT2D eigenvalue weighted by Crippen LogP contribution is -2.44. The van der Waals surface area contributed by atoms with Crippen LogP contribution in [0, 0.1) is 0 Å². The van der Waals surface area contributed by atoms with Crippen LogP contribution < -0.4 is 9.96 Å². The molecular formula is C10H26N2Si. The Labute approximate surface area is 85.9 Å². The molecule has 0 atom stereocenters. The first kappa shape index (κ1) is 13.1. The fourth-order valence-corrected chi connectivity index (χ4v) is 3.35. The predicted octanol–water partition coefficient (Wildman–Crippen LogP) is 1.54. The van der Waals surface area contributed by atoms with Crippen molar-refractivity contribution in [2.24, 2.45) is 0 Å². The van der Waals surface area contributed by atoms with Crippen LogP contribution in [-0.4, -0.2) is 21.9 Å². The molecule has 0 radical (unpaired) electrons. The maximum atomic E-state index is 3.65. The molecular weight excluding hydrogens is 176 g/mol. The van der Waals surface area contributed by atoms with Crippen molar-refractivity contribution >= 4 is 9.84 Å². The summed E-state index contributed by atoms with van der Waals surface area (Å²) in [5.41, 5.74) is 0. The van der Waals surface area contributed by atoms with E-state index in [2.05, 4.69) is 37.7 Å². The second-order valence-corrected chi connectivity index (χ2v) is 4.78. The Morgan fingerprint density at radius 3 is 1.31 bits per heavy atom. The van der Waals surface area contributed by atoms with E-state index in [1.807, 2.05) is 0 Å². The van der Waals surface area contributed by atoms with Crippen molar-refractivity contribution in [1.82, 2.24) is 9.96 Å². The normalized spacial score (nSPS) is 11.5. The Morgan fingerprint density at radius 1 is 0.769 bits per heavy atom. The van der Waals surface area contributed by atoms with Crippen molar-refractivity contribution < 1.29 is 0 Å². The van der Waals surface area contributed by atoms with Gasteiger partial charge >= 0.3 is 0 Å². The SMILES string of the molecule is CCC(CC)N[SiH2]NC(CC)CC. The third-order valence-electron chi connectivity index (χ3n) is 2.75. The molecule has 0 saturated carbocycles. The Hall–Kier alpha value is 0.137. The van der Waals surface area contributed by atoms with Crippen molar-refractivity contribution in [1.29, 1.82) is 0 Å². The summed E-state index contributed by atoms with van der Waals surface area (Å²) in [6.07, 6.45) is 5.03. The average molecular weight is 202 g/mol. The van der Waals surface area contributed by atoms with Crippen molar-refractivity contribution in [3.63, 3.8) is 0 Å². The largest absolute Gasteiger partial charge is 0.328 e. The lowest BCUT2D eigenvalue weighted by Gasteiger charge is -2.18. The summed E-state index contributed by atoms with van der Waals surface area (Å²) in [6, 6.07) is 1.49. The number of hydrogen-bond donors (Lipinski definition) is 2. The van der Waals surface area contributed by atoms with Gasteiger partial charge in [0, 0.05) is 12.1 Å². The molecule has 0 aliphatic carbocycles. The molecule has 0 aliphatic heterocycles. The molecule has 0 rings (SSSR count). The van der Waals surface area contributed by atoms with E-state index in [1.165, 1.54) is 25.7 Å². The highest BCUT2D eigenvalue weighted by atomic mass is 28.2. The quantitative estimate of drug-likeness (QED) is 0.584. The van der Waals surface area contributed by atoms with E-state index >= 15 is 0 Å². The van der Waals surface area contributed by atoms with Gasteiger partial charge in [0.25, 0.3) is 0 Å². The summed E-state index contributed by atoms with van der Waals surface area (Å²) in [5.74, 6) is 0. The smallest absolute Gasteiger partial charge is 0.168 e. The Kier molecular flexibility index (Phi) is 8.81. The number of rotatable bonds is 8. The van der Waals surface area contributed by atoms with Gasteiger partial charge in [-0.1, -0.05) is 27.7 Å². The summed E-state index contributed by atoms with van der Waals surface area (Å²) in [6.45, 7) is 9.03. The predicted molar refractivity (Wildman–Crippen MR) is 63.6 cm³/mol. The standard InChI is InChI=1S/C10H26N2Si/c1-5-9(6-2)11-13-12-10(7-3)8-4/h9-12H,5-8,13H2,1-4H3. The van der Waals surface area contributed by atoms with Crippen LogP contribution in [-0.2, 0) is 0 Å². The van der Waals surface area contributed by atoms with E-state index < -0.39 is 0 Å². The third kappa shape index (κ3) is 6.24. The molecule has 0 aromatic rings. The summed E-state index contributed by atoms with van der Waals surface area (Å²) < 4.78 is 0. The first-order valence-electron chi connectivity index (χ1n) is 5.75. The van der Waals surface area contributed by atoms with Crippen molar-refractivity contribution in [3.05, 3.63) is 0 Å². The van der Waals surface area contributed by atoms with Gasteiger partial charge in [-0.3, -0.25) is 0 Å².